The molecule has 0 saturated carbocycles. The van der Waals surface area contributed by atoms with E-state index in [0.717, 1.165) is 12.3 Å². The number of hydrogen-bond donors (Lipinski definition) is 2. The van der Waals surface area contributed by atoms with Crippen molar-refractivity contribution in [3.8, 4) is 0 Å². The Morgan fingerprint density at radius 2 is 2.09 bits per heavy atom. The van der Waals surface area contributed by atoms with Crippen molar-refractivity contribution >= 4 is 23.4 Å². The van der Waals surface area contributed by atoms with Crippen LogP contribution in [0.4, 0.5) is 0 Å². The highest BCUT2D eigenvalue weighted by atomic mass is 35.5. The molecular weight excluding hydrogens is 168 g/mol. The maximum atomic E-state index is 10.5. The van der Waals surface area contributed by atoms with Gasteiger partial charge in [-0.15, -0.1) is 0 Å². The van der Waals surface area contributed by atoms with Gasteiger partial charge in [0.1, 0.15) is 5.03 Å². The van der Waals surface area contributed by atoms with Crippen molar-refractivity contribution in [3.05, 3.63) is 23.9 Å². The fourth-order valence-corrected chi connectivity index (χ4v) is 0.319. The summed E-state index contributed by atoms with van der Waals surface area (Å²) in [6.07, 6.45) is 2.05. The Morgan fingerprint density at radius 1 is 1.55 bits per heavy atom. The van der Waals surface area contributed by atoms with E-state index < -0.39 is 11.8 Å². The van der Waals surface area contributed by atoms with Gasteiger partial charge in [0.25, 0.3) is 5.91 Å². The minimum absolute atomic E-state index is 0.236. The first-order valence-corrected chi connectivity index (χ1v) is 3.04. The summed E-state index contributed by atoms with van der Waals surface area (Å²) in [6, 6.07) is 0. The molecule has 0 saturated heterocycles. The molecule has 0 aromatic carbocycles. The van der Waals surface area contributed by atoms with Gasteiger partial charge in [0, 0.05) is 6.20 Å². The molecule has 0 aliphatic rings. The second kappa shape index (κ2) is 4.51. The number of rotatable bonds is 3. The van der Waals surface area contributed by atoms with E-state index in [-0.39, 0.29) is 5.03 Å². The molecule has 5 heteroatoms. The zero-order valence-corrected chi connectivity index (χ0v) is 6.39. The molecule has 60 valence electrons. The van der Waals surface area contributed by atoms with Crippen LogP contribution in [0.3, 0.4) is 0 Å². The van der Waals surface area contributed by atoms with Gasteiger partial charge in [0.15, 0.2) is 0 Å². The van der Waals surface area contributed by atoms with Gasteiger partial charge in [0.2, 0.25) is 5.91 Å². The second-order valence-electron chi connectivity index (χ2n) is 1.57. The van der Waals surface area contributed by atoms with E-state index >= 15 is 0 Å². The van der Waals surface area contributed by atoms with Gasteiger partial charge in [-0.05, 0) is 6.08 Å². The second-order valence-corrected chi connectivity index (χ2v) is 1.98. The van der Waals surface area contributed by atoms with E-state index in [1.807, 2.05) is 0 Å². The number of nitrogens with one attached hydrogen (secondary N) is 1. The van der Waals surface area contributed by atoms with Crippen LogP contribution in [0.5, 0.6) is 0 Å². The molecule has 0 aromatic heterocycles. The van der Waals surface area contributed by atoms with Gasteiger partial charge in [0.05, 0.1) is 0 Å². The Kier molecular flexibility index (Phi) is 3.98. The van der Waals surface area contributed by atoms with Crippen molar-refractivity contribution < 1.29 is 9.59 Å². The Bertz CT molecular complexity index is 223. The zero-order valence-electron chi connectivity index (χ0n) is 5.63. The molecule has 0 spiro atoms. The van der Waals surface area contributed by atoms with Crippen LogP contribution in [0, 0.1) is 0 Å². The average Bonchev–Trinajstić information content (AvgIpc) is 1.99. The van der Waals surface area contributed by atoms with Crippen LogP contribution in [-0.4, -0.2) is 11.8 Å². The van der Waals surface area contributed by atoms with Gasteiger partial charge in [-0.3, -0.25) is 9.59 Å². The Morgan fingerprint density at radius 3 is 2.45 bits per heavy atom. The number of halogens is 1. The number of hydrogen-bond acceptors (Lipinski definition) is 2. The Hall–Kier alpha value is -1.29. The molecule has 0 aliphatic carbocycles. The van der Waals surface area contributed by atoms with E-state index in [2.05, 4.69) is 11.9 Å². The third kappa shape index (κ3) is 4.16. The number of nitrogens with two attached hydrogens (primary N) is 1. The lowest BCUT2D eigenvalue weighted by atomic mass is 10.5. The minimum atomic E-state index is -0.795. The van der Waals surface area contributed by atoms with Crippen LogP contribution in [-0.2, 0) is 9.59 Å². The molecule has 0 aromatic rings. The summed E-state index contributed by atoms with van der Waals surface area (Å²) < 4.78 is 0. The first-order chi connectivity index (χ1) is 5.07. The number of amides is 2. The first-order valence-electron chi connectivity index (χ1n) is 2.66. The van der Waals surface area contributed by atoms with Gasteiger partial charge < -0.3 is 11.1 Å². The van der Waals surface area contributed by atoms with Crippen LogP contribution in [0.15, 0.2) is 23.9 Å². The van der Waals surface area contributed by atoms with Gasteiger partial charge in [-0.1, -0.05) is 18.2 Å². The molecule has 11 heavy (non-hydrogen) atoms. The SMILES string of the molecule is C=CC(=O)NC=C(Cl)C(N)=O. The van der Waals surface area contributed by atoms with Gasteiger partial charge in [-0.2, -0.15) is 0 Å². The molecule has 3 N–H and O–H groups in total. The summed E-state index contributed by atoms with van der Waals surface area (Å²) in [5.74, 6) is -1.25. The molecule has 0 aliphatic heterocycles. The average molecular weight is 175 g/mol. The molecule has 0 fully saturated rings. The third-order valence-corrected chi connectivity index (χ3v) is 1.06. The number of primary amides is 1. The summed E-state index contributed by atoms with van der Waals surface area (Å²) in [4.78, 5) is 20.7. The standard InChI is InChI=1S/C6H7ClN2O2/c1-2-5(10)9-3-4(7)6(8)11/h2-3H,1H2,(H2,8,11)(H,9,10). The highest BCUT2D eigenvalue weighted by Crippen LogP contribution is 1.95. The van der Waals surface area contributed by atoms with E-state index in [4.69, 9.17) is 17.3 Å². The van der Waals surface area contributed by atoms with Crippen molar-refractivity contribution in [2.45, 2.75) is 0 Å². The van der Waals surface area contributed by atoms with Crippen LogP contribution >= 0.6 is 11.6 Å². The lowest BCUT2D eigenvalue weighted by Crippen LogP contribution is -2.17. The normalized spacial score (nSPS) is 10.5. The summed E-state index contributed by atoms with van der Waals surface area (Å²) in [6.45, 7) is 3.18. The summed E-state index contributed by atoms with van der Waals surface area (Å²) in [7, 11) is 0. The molecule has 4 nitrogen and oxygen atoms in total. The predicted molar refractivity (Wildman–Crippen MR) is 41.5 cm³/mol. The van der Waals surface area contributed by atoms with E-state index in [9.17, 15) is 9.59 Å². The molecule has 0 bridgehead atoms. The summed E-state index contributed by atoms with van der Waals surface area (Å²) in [5.41, 5.74) is 4.75. The van der Waals surface area contributed by atoms with Crippen molar-refractivity contribution in [3.63, 3.8) is 0 Å². The van der Waals surface area contributed by atoms with Crippen LogP contribution < -0.4 is 11.1 Å². The van der Waals surface area contributed by atoms with Crippen molar-refractivity contribution in [1.29, 1.82) is 0 Å². The van der Waals surface area contributed by atoms with Gasteiger partial charge in [-0.25, -0.2) is 0 Å². The van der Waals surface area contributed by atoms with E-state index in [1.165, 1.54) is 0 Å². The quantitative estimate of drug-likeness (QED) is 0.585. The number of carbonyl (C=O) groups is 2. The van der Waals surface area contributed by atoms with Gasteiger partial charge >= 0.3 is 0 Å². The molecule has 0 heterocycles. The van der Waals surface area contributed by atoms with Crippen LogP contribution in [0.1, 0.15) is 0 Å². The van der Waals surface area contributed by atoms with Crippen molar-refractivity contribution in [1.82, 2.24) is 5.32 Å². The van der Waals surface area contributed by atoms with Crippen molar-refractivity contribution in [2.24, 2.45) is 5.73 Å². The molecule has 0 unspecified atom stereocenters. The summed E-state index contributed by atoms with van der Waals surface area (Å²) >= 11 is 5.25. The molecule has 0 rings (SSSR count). The van der Waals surface area contributed by atoms with E-state index in [1.54, 1.807) is 0 Å². The maximum Gasteiger partial charge on any atom is 0.261 e. The van der Waals surface area contributed by atoms with Crippen LogP contribution in [0.25, 0.3) is 0 Å². The highest BCUT2D eigenvalue weighted by Gasteiger charge is 1.98. The molecular formula is C6H7ClN2O2. The number of carbonyl (C=O) groups excluding carboxylic acids is 2. The summed E-state index contributed by atoms with van der Waals surface area (Å²) in [5, 5.41) is 1.93. The monoisotopic (exact) mass is 174 g/mol. The van der Waals surface area contributed by atoms with Crippen molar-refractivity contribution in [2.75, 3.05) is 0 Å². The first kappa shape index (κ1) is 9.71. The molecule has 0 atom stereocenters. The maximum absolute atomic E-state index is 10.5. The minimum Gasteiger partial charge on any atom is -0.365 e. The zero-order chi connectivity index (χ0) is 8.85. The fraction of sp³-hybridized carbons (Fsp3) is 0. The van der Waals surface area contributed by atoms with Crippen LogP contribution in [0.2, 0.25) is 0 Å². The highest BCUT2D eigenvalue weighted by molar-refractivity contribution is 6.41. The lowest BCUT2D eigenvalue weighted by molar-refractivity contribution is -0.115. The smallest absolute Gasteiger partial charge is 0.261 e. The lowest BCUT2D eigenvalue weighted by Gasteiger charge is -1.92. The Labute approximate surface area is 68.7 Å². The fourth-order valence-electron chi connectivity index (χ4n) is 0.265. The van der Waals surface area contributed by atoms with E-state index in [0.29, 0.717) is 0 Å². The largest absolute Gasteiger partial charge is 0.365 e. The Balaban J connectivity index is 4.02. The topological polar surface area (TPSA) is 72.2 Å². The third-order valence-electron chi connectivity index (χ3n) is 0.762. The molecule has 2 amide bonds. The predicted octanol–water partition coefficient (Wildman–Crippen LogP) is -0.146. The molecule has 0 radical (unpaired) electrons.